The summed E-state index contributed by atoms with van der Waals surface area (Å²) >= 11 is 19.8. The Morgan fingerprint density at radius 2 is 1.72 bits per heavy atom. The Balaban J connectivity index is 1.84. The first-order valence-corrected chi connectivity index (χ1v) is 12.7. The van der Waals surface area contributed by atoms with Crippen molar-refractivity contribution >= 4 is 52.6 Å². The number of halogens is 6. The van der Waals surface area contributed by atoms with Crippen molar-refractivity contribution in [2.45, 2.75) is 56.9 Å². The SMILES string of the molecule is CCC(C)CSC1(c2ccc(/C=C/C(c3cc(Cl)c(Cl)c(Cl)c3)C(F)(F)F)cc2C)CC1. The molecular formula is C25H26Cl3F3S. The second-order valence-electron chi connectivity index (χ2n) is 8.57. The maximum absolute atomic E-state index is 13.8. The van der Waals surface area contributed by atoms with Gasteiger partial charge >= 0.3 is 6.18 Å². The summed E-state index contributed by atoms with van der Waals surface area (Å²) in [6.45, 7) is 6.51. The number of allylic oxidation sites excluding steroid dienone is 1. The standard InChI is InChI=1S/C25H26Cl3F3S/c1-4-15(2)14-32-24(9-10-24)19-7-5-17(11-16(19)3)6-8-20(25(29,30)31)18-12-21(26)23(28)22(27)13-18/h5-8,11-13,15,20H,4,9-10,14H2,1-3H3/b8-6+. The van der Waals surface area contributed by atoms with Crippen LogP contribution in [0.3, 0.4) is 0 Å². The zero-order valence-electron chi connectivity index (χ0n) is 18.2. The molecule has 2 aromatic carbocycles. The summed E-state index contributed by atoms with van der Waals surface area (Å²) in [5, 5.41) is 0.0525. The maximum Gasteiger partial charge on any atom is 0.399 e. The lowest BCUT2D eigenvalue weighted by molar-refractivity contribution is -0.139. The summed E-state index contributed by atoms with van der Waals surface area (Å²) in [7, 11) is 0. The average molecular weight is 522 g/mol. The molecule has 2 aromatic rings. The molecule has 1 saturated carbocycles. The van der Waals surface area contributed by atoms with E-state index in [1.54, 1.807) is 0 Å². The van der Waals surface area contributed by atoms with Crippen LogP contribution >= 0.6 is 46.6 Å². The monoisotopic (exact) mass is 520 g/mol. The minimum Gasteiger partial charge on any atom is -0.170 e. The van der Waals surface area contributed by atoms with Crippen molar-refractivity contribution in [1.29, 1.82) is 0 Å². The van der Waals surface area contributed by atoms with Gasteiger partial charge in [-0.3, -0.25) is 0 Å². The number of alkyl halides is 3. The smallest absolute Gasteiger partial charge is 0.170 e. The Kier molecular flexibility index (Phi) is 8.24. The van der Waals surface area contributed by atoms with Crippen LogP contribution in [0.15, 0.2) is 36.4 Å². The van der Waals surface area contributed by atoms with E-state index in [-0.39, 0.29) is 25.4 Å². The summed E-state index contributed by atoms with van der Waals surface area (Å²) in [6.07, 6.45) is 1.63. The lowest BCUT2D eigenvalue weighted by Crippen LogP contribution is -2.19. The normalized spacial score (nSPS) is 17.5. The molecule has 174 valence electrons. The molecule has 1 aliphatic carbocycles. The fraction of sp³-hybridized carbons (Fsp3) is 0.440. The molecule has 0 spiro atoms. The Labute approximate surface area is 207 Å². The van der Waals surface area contributed by atoms with Crippen LogP contribution in [0.5, 0.6) is 0 Å². The van der Waals surface area contributed by atoms with Crippen molar-refractivity contribution in [1.82, 2.24) is 0 Å². The van der Waals surface area contributed by atoms with E-state index in [4.69, 9.17) is 34.8 Å². The molecule has 1 fully saturated rings. The van der Waals surface area contributed by atoms with Gasteiger partial charge in [-0.05, 0) is 65.8 Å². The number of thioether (sulfide) groups is 1. The van der Waals surface area contributed by atoms with Crippen LogP contribution in [0.25, 0.3) is 6.08 Å². The third-order valence-corrected chi connectivity index (χ3v) is 9.10. The minimum absolute atomic E-state index is 0.00152. The van der Waals surface area contributed by atoms with Crippen LogP contribution in [0.4, 0.5) is 13.2 Å². The van der Waals surface area contributed by atoms with Crippen LogP contribution in [-0.4, -0.2) is 11.9 Å². The fourth-order valence-electron chi connectivity index (χ4n) is 3.70. The largest absolute Gasteiger partial charge is 0.399 e. The van der Waals surface area contributed by atoms with E-state index in [1.165, 1.54) is 23.8 Å². The predicted molar refractivity (Wildman–Crippen MR) is 133 cm³/mol. The molecule has 7 heteroatoms. The summed E-state index contributed by atoms with van der Waals surface area (Å²) in [4.78, 5) is 0. The van der Waals surface area contributed by atoms with Crippen molar-refractivity contribution in [3.63, 3.8) is 0 Å². The van der Waals surface area contributed by atoms with E-state index >= 15 is 0 Å². The molecule has 0 bridgehead atoms. The van der Waals surface area contributed by atoms with Gasteiger partial charge < -0.3 is 0 Å². The van der Waals surface area contributed by atoms with E-state index in [9.17, 15) is 13.2 Å². The molecule has 1 aliphatic rings. The van der Waals surface area contributed by atoms with Crippen molar-refractivity contribution < 1.29 is 13.2 Å². The van der Waals surface area contributed by atoms with Crippen molar-refractivity contribution in [3.8, 4) is 0 Å². The number of hydrogen-bond acceptors (Lipinski definition) is 1. The fourth-order valence-corrected chi connectivity index (χ4v) is 5.93. The van der Waals surface area contributed by atoms with Gasteiger partial charge in [0, 0.05) is 4.75 Å². The van der Waals surface area contributed by atoms with E-state index < -0.39 is 12.1 Å². The van der Waals surface area contributed by atoms with E-state index in [1.807, 2.05) is 30.8 Å². The molecule has 2 atom stereocenters. The second-order valence-corrected chi connectivity index (χ2v) is 11.2. The molecule has 0 saturated heterocycles. The summed E-state index contributed by atoms with van der Waals surface area (Å²) in [6, 6.07) is 8.38. The molecule has 0 heterocycles. The summed E-state index contributed by atoms with van der Waals surface area (Å²) < 4.78 is 41.5. The van der Waals surface area contributed by atoms with Crippen molar-refractivity contribution in [3.05, 3.63) is 73.7 Å². The van der Waals surface area contributed by atoms with Gasteiger partial charge in [-0.1, -0.05) is 85.4 Å². The lowest BCUT2D eigenvalue weighted by atomic mass is 9.96. The average Bonchev–Trinajstić information content (AvgIpc) is 3.50. The Bertz CT molecular complexity index is 973. The van der Waals surface area contributed by atoms with Gasteiger partial charge in [0.1, 0.15) is 0 Å². The molecular weight excluding hydrogens is 496 g/mol. The first-order chi connectivity index (χ1) is 15.0. The van der Waals surface area contributed by atoms with Gasteiger partial charge in [-0.2, -0.15) is 24.9 Å². The number of hydrogen-bond donors (Lipinski definition) is 0. The number of benzene rings is 2. The first kappa shape index (κ1) is 25.8. The molecule has 0 nitrogen and oxygen atoms in total. The summed E-state index contributed by atoms with van der Waals surface area (Å²) in [5.41, 5.74) is 3.10. The van der Waals surface area contributed by atoms with Crippen LogP contribution < -0.4 is 0 Å². The van der Waals surface area contributed by atoms with Gasteiger partial charge in [-0.25, -0.2) is 0 Å². The molecule has 0 aliphatic heterocycles. The summed E-state index contributed by atoms with van der Waals surface area (Å²) in [5.74, 6) is -0.0402. The highest BCUT2D eigenvalue weighted by molar-refractivity contribution is 8.00. The Morgan fingerprint density at radius 1 is 1.09 bits per heavy atom. The van der Waals surface area contributed by atoms with E-state index in [0.717, 1.165) is 42.2 Å². The van der Waals surface area contributed by atoms with Gasteiger partial charge in [0.2, 0.25) is 0 Å². The zero-order chi connectivity index (χ0) is 23.7. The molecule has 0 N–H and O–H groups in total. The lowest BCUT2D eigenvalue weighted by Gasteiger charge is -2.20. The topological polar surface area (TPSA) is 0 Å². The van der Waals surface area contributed by atoms with Gasteiger partial charge in [0.15, 0.2) is 0 Å². The predicted octanol–water partition coefficient (Wildman–Crippen LogP) is 10.1. The quantitative estimate of drug-likeness (QED) is 0.311. The molecule has 0 radical (unpaired) electrons. The zero-order valence-corrected chi connectivity index (χ0v) is 21.3. The highest BCUT2D eigenvalue weighted by Crippen LogP contribution is 2.58. The van der Waals surface area contributed by atoms with Gasteiger partial charge in [-0.15, -0.1) is 0 Å². The molecule has 2 unspecified atom stereocenters. The Morgan fingerprint density at radius 3 is 2.22 bits per heavy atom. The van der Waals surface area contributed by atoms with E-state index in [0.29, 0.717) is 5.92 Å². The molecule has 3 rings (SSSR count). The van der Waals surface area contributed by atoms with Gasteiger partial charge in [0.05, 0.1) is 21.0 Å². The van der Waals surface area contributed by atoms with Crippen LogP contribution in [0.1, 0.15) is 61.3 Å². The van der Waals surface area contributed by atoms with Gasteiger partial charge in [0.25, 0.3) is 0 Å². The van der Waals surface area contributed by atoms with E-state index in [2.05, 4.69) is 19.9 Å². The second kappa shape index (κ2) is 10.2. The van der Waals surface area contributed by atoms with Crippen molar-refractivity contribution in [2.24, 2.45) is 5.92 Å². The third kappa shape index (κ3) is 6.00. The maximum atomic E-state index is 13.8. The number of aryl methyl sites for hydroxylation is 1. The Hall–Kier alpha value is -0.810. The highest BCUT2D eigenvalue weighted by Gasteiger charge is 2.45. The highest BCUT2D eigenvalue weighted by atomic mass is 35.5. The van der Waals surface area contributed by atoms with Crippen LogP contribution in [0, 0.1) is 12.8 Å². The minimum atomic E-state index is -4.49. The van der Waals surface area contributed by atoms with Crippen LogP contribution in [-0.2, 0) is 4.75 Å². The van der Waals surface area contributed by atoms with Crippen LogP contribution in [0.2, 0.25) is 15.1 Å². The third-order valence-electron chi connectivity index (χ3n) is 5.99. The number of rotatable bonds is 8. The molecule has 0 amide bonds. The van der Waals surface area contributed by atoms with Crippen molar-refractivity contribution in [2.75, 3.05) is 5.75 Å². The molecule has 32 heavy (non-hydrogen) atoms. The first-order valence-electron chi connectivity index (χ1n) is 10.6. The molecule has 0 aromatic heterocycles.